The molecule has 0 aromatic heterocycles. The van der Waals surface area contributed by atoms with Crippen molar-refractivity contribution < 1.29 is 9.53 Å². The molecule has 1 aliphatic rings. The molecule has 5 heteroatoms. The number of carbonyl (C=O) groups excluding carboxylic acids is 1. The zero-order valence-electron chi connectivity index (χ0n) is 15.2. The number of ether oxygens (including phenoxy) is 1. The fourth-order valence-electron chi connectivity index (χ4n) is 3.58. The van der Waals surface area contributed by atoms with Crippen LogP contribution >= 0.6 is 11.6 Å². The molecule has 2 aromatic rings. The summed E-state index contributed by atoms with van der Waals surface area (Å²) in [4.78, 5) is 15.1. The highest BCUT2D eigenvalue weighted by Gasteiger charge is 2.29. The third kappa shape index (κ3) is 4.19. The van der Waals surface area contributed by atoms with Crippen molar-refractivity contribution >= 4 is 17.5 Å². The van der Waals surface area contributed by atoms with E-state index in [1.54, 1.807) is 7.11 Å². The van der Waals surface area contributed by atoms with E-state index in [0.717, 1.165) is 30.0 Å². The Balaban J connectivity index is 1.76. The average molecular weight is 373 g/mol. The third-order valence-corrected chi connectivity index (χ3v) is 5.18. The molecule has 1 aliphatic heterocycles. The van der Waals surface area contributed by atoms with Crippen molar-refractivity contribution in [3.63, 3.8) is 0 Å². The van der Waals surface area contributed by atoms with Crippen molar-refractivity contribution in [3.05, 3.63) is 64.7 Å². The van der Waals surface area contributed by atoms with Gasteiger partial charge in [0.15, 0.2) is 0 Å². The minimum absolute atomic E-state index is 0.0137. The van der Waals surface area contributed by atoms with Gasteiger partial charge in [-0.25, -0.2) is 0 Å². The normalized spacial score (nSPS) is 18.4. The van der Waals surface area contributed by atoms with Crippen LogP contribution in [-0.2, 0) is 4.79 Å². The van der Waals surface area contributed by atoms with Gasteiger partial charge in [0.2, 0.25) is 5.91 Å². The molecule has 3 rings (SSSR count). The number of amides is 1. The van der Waals surface area contributed by atoms with E-state index < -0.39 is 0 Å². The highest BCUT2D eigenvalue weighted by atomic mass is 35.5. The molecule has 0 saturated carbocycles. The number of rotatable bonds is 5. The molecule has 2 unspecified atom stereocenters. The summed E-state index contributed by atoms with van der Waals surface area (Å²) in [7, 11) is 1.67. The summed E-state index contributed by atoms with van der Waals surface area (Å²) in [6.07, 6.45) is 0.456. The molecule has 0 radical (unpaired) electrons. The molecule has 1 amide bonds. The second-order valence-corrected chi connectivity index (χ2v) is 7.15. The Morgan fingerprint density at radius 2 is 2.12 bits per heavy atom. The Morgan fingerprint density at radius 1 is 1.31 bits per heavy atom. The van der Waals surface area contributed by atoms with E-state index in [4.69, 9.17) is 16.3 Å². The van der Waals surface area contributed by atoms with Crippen LogP contribution in [0.15, 0.2) is 48.5 Å². The first-order valence-electron chi connectivity index (χ1n) is 8.98. The number of carbonyl (C=O) groups is 1. The smallest absolute Gasteiger partial charge is 0.223 e. The van der Waals surface area contributed by atoms with E-state index in [2.05, 4.69) is 12.2 Å². The van der Waals surface area contributed by atoms with Gasteiger partial charge in [0.1, 0.15) is 5.75 Å². The van der Waals surface area contributed by atoms with E-state index in [9.17, 15) is 4.79 Å². The molecule has 0 aliphatic carbocycles. The molecule has 1 fully saturated rings. The highest BCUT2D eigenvalue weighted by molar-refractivity contribution is 6.30. The summed E-state index contributed by atoms with van der Waals surface area (Å²) in [5.41, 5.74) is 2.14. The topological polar surface area (TPSA) is 41.6 Å². The summed E-state index contributed by atoms with van der Waals surface area (Å²) in [6, 6.07) is 15.7. The highest BCUT2D eigenvalue weighted by Crippen LogP contribution is 2.31. The number of methoxy groups -OCH3 is 1. The number of hydrogen-bond donors (Lipinski definition) is 1. The maximum absolute atomic E-state index is 13.1. The molecule has 26 heavy (non-hydrogen) atoms. The van der Waals surface area contributed by atoms with E-state index in [-0.39, 0.29) is 17.9 Å². The summed E-state index contributed by atoms with van der Waals surface area (Å²) in [5, 5.41) is 4.08. The first-order chi connectivity index (χ1) is 12.6. The summed E-state index contributed by atoms with van der Waals surface area (Å²) < 4.78 is 5.45. The lowest BCUT2D eigenvalue weighted by atomic mass is 9.95. The Labute approximate surface area is 160 Å². The average Bonchev–Trinajstić information content (AvgIpc) is 2.67. The van der Waals surface area contributed by atoms with Gasteiger partial charge >= 0.3 is 0 Å². The Morgan fingerprint density at radius 3 is 2.88 bits per heavy atom. The number of piperazine rings is 1. The number of nitrogens with zero attached hydrogens (tertiary/aromatic N) is 1. The van der Waals surface area contributed by atoms with Crippen LogP contribution in [0.2, 0.25) is 5.02 Å². The summed E-state index contributed by atoms with van der Waals surface area (Å²) in [6.45, 7) is 4.34. The van der Waals surface area contributed by atoms with Crippen LogP contribution in [0, 0.1) is 0 Å². The molecule has 0 bridgehead atoms. The standard InChI is InChI=1S/C21H25ClN2O2/c1-15(18-8-3-4-9-20(18)26-2)12-21(25)24-11-10-23-14-19(24)16-6-5-7-17(22)13-16/h3-9,13,15,19,23H,10-12,14H2,1-2H3. The van der Waals surface area contributed by atoms with Crippen molar-refractivity contribution in [1.29, 1.82) is 0 Å². The monoisotopic (exact) mass is 372 g/mol. The van der Waals surface area contributed by atoms with Crippen LogP contribution in [-0.4, -0.2) is 37.6 Å². The predicted molar refractivity (Wildman–Crippen MR) is 105 cm³/mol. The van der Waals surface area contributed by atoms with Gasteiger partial charge in [0.05, 0.1) is 13.2 Å². The van der Waals surface area contributed by atoms with Crippen LogP contribution in [0.4, 0.5) is 0 Å². The molecule has 2 aromatic carbocycles. The SMILES string of the molecule is COc1ccccc1C(C)CC(=O)N1CCNCC1c1cccc(Cl)c1. The van der Waals surface area contributed by atoms with Crippen LogP contribution in [0.1, 0.15) is 36.4 Å². The number of hydrogen-bond acceptors (Lipinski definition) is 3. The second-order valence-electron chi connectivity index (χ2n) is 6.71. The summed E-state index contributed by atoms with van der Waals surface area (Å²) in [5.74, 6) is 1.09. The van der Waals surface area contributed by atoms with Gasteiger partial charge in [-0.2, -0.15) is 0 Å². The van der Waals surface area contributed by atoms with E-state index in [1.807, 2.05) is 53.4 Å². The quantitative estimate of drug-likeness (QED) is 0.862. The number of halogens is 1. The van der Waals surface area contributed by atoms with Gasteiger partial charge in [0.25, 0.3) is 0 Å². The molecular weight excluding hydrogens is 348 g/mol. The predicted octanol–water partition coefficient (Wildman–Crippen LogP) is 4.02. The minimum atomic E-state index is 0.0137. The minimum Gasteiger partial charge on any atom is -0.496 e. The molecular formula is C21H25ClN2O2. The van der Waals surface area contributed by atoms with Gasteiger partial charge in [-0.05, 0) is 35.2 Å². The lowest BCUT2D eigenvalue weighted by Crippen LogP contribution is -2.48. The van der Waals surface area contributed by atoms with Crippen LogP contribution in [0.5, 0.6) is 5.75 Å². The van der Waals surface area contributed by atoms with E-state index in [1.165, 1.54) is 0 Å². The van der Waals surface area contributed by atoms with Gasteiger partial charge < -0.3 is 15.0 Å². The largest absolute Gasteiger partial charge is 0.496 e. The fourth-order valence-corrected chi connectivity index (χ4v) is 3.78. The van der Waals surface area contributed by atoms with E-state index in [0.29, 0.717) is 18.0 Å². The zero-order chi connectivity index (χ0) is 18.5. The van der Waals surface area contributed by atoms with Crippen molar-refractivity contribution in [3.8, 4) is 5.75 Å². The van der Waals surface area contributed by atoms with Crippen molar-refractivity contribution in [1.82, 2.24) is 10.2 Å². The van der Waals surface area contributed by atoms with E-state index >= 15 is 0 Å². The third-order valence-electron chi connectivity index (χ3n) is 4.95. The lowest BCUT2D eigenvalue weighted by Gasteiger charge is -2.37. The van der Waals surface area contributed by atoms with Gasteiger partial charge in [-0.3, -0.25) is 4.79 Å². The van der Waals surface area contributed by atoms with Crippen LogP contribution in [0.3, 0.4) is 0 Å². The molecule has 4 nitrogen and oxygen atoms in total. The zero-order valence-corrected chi connectivity index (χ0v) is 16.0. The molecule has 138 valence electrons. The second kappa shape index (κ2) is 8.56. The Bertz CT molecular complexity index is 765. The van der Waals surface area contributed by atoms with Crippen molar-refractivity contribution in [2.75, 3.05) is 26.7 Å². The summed E-state index contributed by atoms with van der Waals surface area (Å²) >= 11 is 6.15. The molecule has 0 spiro atoms. The van der Waals surface area contributed by atoms with Crippen LogP contribution < -0.4 is 10.1 Å². The van der Waals surface area contributed by atoms with Gasteiger partial charge in [-0.15, -0.1) is 0 Å². The first kappa shape index (κ1) is 18.7. The van der Waals surface area contributed by atoms with Gasteiger partial charge in [0, 0.05) is 31.1 Å². The maximum atomic E-state index is 13.1. The van der Waals surface area contributed by atoms with Crippen LogP contribution in [0.25, 0.3) is 0 Å². The Hall–Kier alpha value is -2.04. The Kier molecular flexibility index (Phi) is 6.17. The molecule has 1 N–H and O–H groups in total. The molecule has 1 saturated heterocycles. The van der Waals surface area contributed by atoms with Crippen molar-refractivity contribution in [2.24, 2.45) is 0 Å². The van der Waals surface area contributed by atoms with Gasteiger partial charge in [-0.1, -0.05) is 48.9 Å². The molecule has 2 atom stereocenters. The fraction of sp³-hybridized carbons (Fsp3) is 0.381. The first-order valence-corrected chi connectivity index (χ1v) is 9.36. The number of benzene rings is 2. The number of nitrogens with one attached hydrogen (secondary N) is 1. The van der Waals surface area contributed by atoms with Crippen molar-refractivity contribution in [2.45, 2.75) is 25.3 Å². The lowest BCUT2D eigenvalue weighted by molar-refractivity contribution is -0.134. The maximum Gasteiger partial charge on any atom is 0.223 e. The number of para-hydroxylation sites is 1. The molecule has 1 heterocycles.